The molecule has 3 rings (SSSR count). The Bertz CT molecular complexity index is 878. The van der Waals surface area contributed by atoms with Gasteiger partial charge in [-0.25, -0.2) is 0 Å². The van der Waals surface area contributed by atoms with E-state index in [9.17, 15) is 4.79 Å². The molecule has 0 saturated carbocycles. The Labute approximate surface area is 130 Å². The van der Waals surface area contributed by atoms with Gasteiger partial charge in [0.2, 0.25) is 0 Å². The molecule has 6 heteroatoms. The highest BCUT2D eigenvalue weighted by molar-refractivity contribution is 7.71. The SMILES string of the molecule is COCCn1c(=S)[nH]c2scc(-c3ccccc3)c2c1=O. The van der Waals surface area contributed by atoms with Gasteiger partial charge >= 0.3 is 0 Å². The molecule has 0 amide bonds. The third-order valence-electron chi connectivity index (χ3n) is 3.32. The fraction of sp³-hybridized carbons (Fsp3) is 0.200. The summed E-state index contributed by atoms with van der Waals surface area (Å²) in [6.07, 6.45) is 0. The van der Waals surface area contributed by atoms with Gasteiger partial charge in [0.05, 0.1) is 18.5 Å². The molecule has 108 valence electrons. The van der Waals surface area contributed by atoms with Crippen LogP contribution in [0.1, 0.15) is 0 Å². The maximum atomic E-state index is 12.7. The van der Waals surface area contributed by atoms with Crippen molar-refractivity contribution >= 4 is 33.8 Å². The van der Waals surface area contributed by atoms with Crippen LogP contribution < -0.4 is 5.56 Å². The molecule has 2 heterocycles. The van der Waals surface area contributed by atoms with Crippen molar-refractivity contribution in [1.82, 2.24) is 9.55 Å². The number of aromatic nitrogens is 2. The highest BCUT2D eigenvalue weighted by Crippen LogP contribution is 2.30. The number of thiophene rings is 1. The lowest BCUT2D eigenvalue weighted by Gasteiger charge is -2.06. The van der Waals surface area contributed by atoms with Crippen LogP contribution in [0.15, 0.2) is 40.5 Å². The van der Waals surface area contributed by atoms with Gasteiger partial charge in [0.15, 0.2) is 4.77 Å². The number of methoxy groups -OCH3 is 1. The van der Waals surface area contributed by atoms with Crippen molar-refractivity contribution in [3.05, 3.63) is 50.8 Å². The first-order valence-electron chi connectivity index (χ1n) is 6.51. The van der Waals surface area contributed by atoms with E-state index >= 15 is 0 Å². The van der Waals surface area contributed by atoms with Gasteiger partial charge in [-0.05, 0) is 17.8 Å². The number of rotatable bonds is 4. The Morgan fingerprint density at radius 3 is 2.81 bits per heavy atom. The molecule has 0 radical (unpaired) electrons. The predicted molar refractivity (Wildman–Crippen MR) is 88.6 cm³/mol. The molecule has 0 spiro atoms. The standard InChI is InChI=1S/C15H14N2O2S2/c1-19-8-7-17-14(18)12-11(10-5-3-2-4-6-10)9-21-13(12)16-15(17)20/h2-6,9H,7-8H2,1H3,(H,16,20). The van der Waals surface area contributed by atoms with Gasteiger partial charge in [-0.15, -0.1) is 11.3 Å². The molecule has 0 bridgehead atoms. The number of hydrogen-bond acceptors (Lipinski definition) is 4. The Hall–Kier alpha value is -1.76. The van der Waals surface area contributed by atoms with Gasteiger partial charge in [-0.1, -0.05) is 30.3 Å². The van der Waals surface area contributed by atoms with Crippen LogP contribution in [0.4, 0.5) is 0 Å². The van der Waals surface area contributed by atoms with Crippen LogP contribution in [0.3, 0.4) is 0 Å². The number of ether oxygens (including phenoxy) is 1. The summed E-state index contributed by atoms with van der Waals surface area (Å²) in [7, 11) is 1.61. The highest BCUT2D eigenvalue weighted by atomic mass is 32.1. The van der Waals surface area contributed by atoms with Crippen LogP contribution in [0.5, 0.6) is 0 Å². The van der Waals surface area contributed by atoms with Crippen molar-refractivity contribution in [2.45, 2.75) is 6.54 Å². The molecule has 0 fully saturated rings. The minimum Gasteiger partial charge on any atom is -0.383 e. The van der Waals surface area contributed by atoms with E-state index in [-0.39, 0.29) is 5.56 Å². The number of nitrogens with one attached hydrogen (secondary N) is 1. The summed E-state index contributed by atoms with van der Waals surface area (Å²) in [6, 6.07) is 9.90. The molecule has 2 aromatic heterocycles. The quantitative estimate of drug-likeness (QED) is 0.750. The summed E-state index contributed by atoms with van der Waals surface area (Å²) >= 11 is 6.77. The fourth-order valence-corrected chi connectivity index (χ4v) is 3.57. The van der Waals surface area contributed by atoms with Crippen LogP contribution in [0.2, 0.25) is 0 Å². The fourth-order valence-electron chi connectivity index (χ4n) is 2.27. The van der Waals surface area contributed by atoms with Gasteiger partial charge in [-0.3, -0.25) is 9.36 Å². The zero-order valence-corrected chi connectivity index (χ0v) is 13.1. The molecule has 0 aliphatic heterocycles. The number of benzene rings is 1. The smallest absolute Gasteiger partial charge is 0.263 e. The Balaban J connectivity index is 2.26. The number of fused-ring (bicyclic) bond motifs is 1. The first kappa shape index (κ1) is 14.2. The predicted octanol–water partition coefficient (Wildman–Crippen LogP) is 3.43. The molecule has 3 aromatic rings. The monoisotopic (exact) mass is 318 g/mol. The lowest BCUT2D eigenvalue weighted by atomic mass is 10.1. The van der Waals surface area contributed by atoms with Crippen molar-refractivity contribution < 1.29 is 4.74 Å². The van der Waals surface area contributed by atoms with Crippen molar-refractivity contribution in [3.63, 3.8) is 0 Å². The van der Waals surface area contributed by atoms with Crippen molar-refractivity contribution in [2.75, 3.05) is 13.7 Å². The third kappa shape index (κ3) is 2.57. The third-order valence-corrected chi connectivity index (χ3v) is 4.54. The summed E-state index contributed by atoms with van der Waals surface area (Å²) in [5.74, 6) is 0. The van der Waals surface area contributed by atoms with E-state index in [4.69, 9.17) is 17.0 Å². The zero-order chi connectivity index (χ0) is 14.8. The Morgan fingerprint density at radius 2 is 2.10 bits per heavy atom. The number of aromatic amines is 1. The Morgan fingerprint density at radius 1 is 1.33 bits per heavy atom. The number of hydrogen-bond donors (Lipinski definition) is 1. The lowest BCUT2D eigenvalue weighted by molar-refractivity contribution is 0.185. The minimum atomic E-state index is -0.0640. The second-order valence-corrected chi connectivity index (χ2v) is 5.87. The first-order valence-corrected chi connectivity index (χ1v) is 7.80. The highest BCUT2D eigenvalue weighted by Gasteiger charge is 2.13. The van der Waals surface area contributed by atoms with Crippen molar-refractivity contribution in [2.24, 2.45) is 0 Å². The van der Waals surface area contributed by atoms with E-state index < -0.39 is 0 Å². The molecular formula is C15H14N2O2S2. The average Bonchev–Trinajstić information content (AvgIpc) is 2.92. The van der Waals surface area contributed by atoms with Crippen LogP contribution >= 0.6 is 23.6 Å². The van der Waals surface area contributed by atoms with Gasteiger partial charge in [0.1, 0.15) is 4.83 Å². The van der Waals surface area contributed by atoms with Crippen LogP contribution in [0, 0.1) is 4.77 Å². The van der Waals surface area contributed by atoms with Crippen LogP contribution in [0.25, 0.3) is 21.3 Å². The van der Waals surface area contributed by atoms with Crippen molar-refractivity contribution in [3.8, 4) is 11.1 Å². The molecule has 0 aliphatic rings. The Kier molecular flexibility index (Phi) is 4.01. The zero-order valence-electron chi connectivity index (χ0n) is 11.5. The van der Waals surface area contributed by atoms with E-state index in [1.165, 1.54) is 11.3 Å². The van der Waals surface area contributed by atoms with E-state index in [0.29, 0.717) is 23.3 Å². The molecule has 0 aliphatic carbocycles. The topological polar surface area (TPSA) is 47.0 Å². The van der Waals surface area contributed by atoms with E-state index in [1.807, 2.05) is 35.7 Å². The molecule has 1 N–H and O–H groups in total. The van der Waals surface area contributed by atoms with Crippen LogP contribution in [-0.4, -0.2) is 23.3 Å². The molecule has 0 atom stereocenters. The number of H-pyrrole nitrogens is 1. The van der Waals surface area contributed by atoms with E-state index in [2.05, 4.69) is 4.98 Å². The molecule has 0 unspecified atom stereocenters. The van der Waals surface area contributed by atoms with Gasteiger partial charge in [0.25, 0.3) is 5.56 Å². The summed E-state index contributed by atoms with van der Waals surface area (Å²) in [4.78, 5) is 16.7. The summed E-state index contributed by atoms with van der Waals surface area (Å²) in [5, 5.41) is 2.68. The minimum absolute atomic E-state index is 0.0640. The van der Waals surface area contributed by atoms with Crippen LogP contribution in [-0.2, 0) is 11.3 Å². The molecule has 0 saturated heterocycles. The average molecular weight is 318 g/mol. The van der Waals surface area contributed by atoms with Crippen molar-refractivity contribution in [1.29, 1.82) is 0 Å². The summed E-state index contributed by atoms with van der Waals surface area (Å²) < 4.78 is 7.04. The normalized spacial score (nSPS) is 11.1. The first-order chi connectivity index (χ1) is 10.2. The molecule has 1 aromatic carbocycles. The molecular weight excluding hydrogens is 304 g/mol. The molecule has 4 nitrogen and oxygen atoms in total. The van der Waals surface area contributed by atoms with Gasteiger partial charge in [-0.2, -0.15) is 0 Å². The largest absolute Gasteiger partial charge is 0.383 e. The molecule has 21 heavy (non-hydrogen) atoms. The summed E-state index contributed by atoms with van der Waals surface area (Å²) in [6.45, 7) is 0.901. The second kappa shape index (κ2) is 5.93. The van der Waals surface area contributed by atoms with Gasteiger partial charge in [0, 0.05) is 18.1 Å². The maximum absolute atomic E-state index is 12.7. The summed E-state index contributed by atoms with van der Waals surface area (Å²) in [5.41, 5.74) is 1.91. The van der Waals surface area contributed by atoms with E-state index in [0.717, 1.165) is 16.0 Å². The second-order valence-electron chi connectivity index (χ2n) is 4.60. The number of nitrogens with zero attached hydrogens (tertiary/aromatic N) is 1. The lowest BCUT2D eigenvalue weighted by Crippen LogP contribution is -2.23. The maximum Gasteiger partial charge on any atom is 0.263 e. The van der Waals surface area contributed by atoms with Gasteiger partial charge < -0.3 is 9.72 Å². The van der Waals surface area contributed by atoms with E-state index in [1.54, 1.807) is 11.7 Å².